The highest BCUT2D eigenvalue weighted by atomic mass is 79.9. The molecule has 10 heavy (non-hydrogen) atoms. The SMILES string of the molecule is Cl.Cn1nc(N)c(Br)c1F. The van der Waals surface area contributed by atoms with E-state index in [1.807, 2.05) is 0 Å². The predicted octanol–water partition coefficient (Wildman–Crippen LogP) is 1.33. The van der Waals surface area contributed by atoms with Crippen LogP contribution in [0, 0.1) is 5.95 Å². The summed E-state index contributed by atoms with van der Waals surface area (Å²) in [5, 5.41) is 3.58. The lowest BCUT2D eigenvalue weighted by Crippen LogP contribution is -1.93. The number of anilines is 1. The van der Waals surface area contributed by atoms with Crippen LogP contribution in [0.4, 0.5) is 10.2 Å². The summed E-state index contributed by atoms with van der Waals surface area (Å²) in [6, 6.07) is 0. The molecule has 0 spiro atoms. The Bertz CT molecular complexity index is 214. The maximum Gasteiger partial charge on any atom is 0.227 e. The third-order valence-corrected chi connectivity index (χ3v) is 1.68. The second kappa shape index (κ2) is 3.21. The van der Waals surface area contributed by atoms with Gasteiger partial charge in [-0.05, 0) is 15.9 Å². The highest BCUT2D eigenvalue weighted by molar-refractivity contribution is 9.10. The van der Waals surface area contributed by atoms with E-state index in [9.17, 15) is 4.39 Å². The second-order valence-electron chi connectivity index (χ2n) is 1.61. The summed E-state index contributed by atoms with van der Waals surface area (Å²) in [5.74, 6) is -0.275. The molecule has 0 unspecified atom stereocenters. The van der Waals surface area contributed by atoms with E-state index >= 15 is 0 Å². The van der Waals surface area contributed by atoms with Crippen molar-refractivity contribution in [3.8, 4) is 0 Å². The lowest BCUT2D eigenvalue weighted by atomic mass is 10.6. The van der Waals surface area contributed by atoms with Gasteiger partial charge in [0.1, 0.15) is 4.47 Å². The van der Waals surface area contributed by atoms with E-state index in [-0.39, 0.29) is 22.7 Å². The standard InChI is InChI=1S/C4H5BrFN3.ClH/c1-9-3(6)2(5)4(7)8-9;/h1H3,(H2,7,8);1H. The van der Waals surface area contributed by atoms with Crippen LogP contribution in [0.5, 0.6) is 0 Å². The van der Waals surface area contributed by atoms with Gasteiger partial charge in [-0.2, -0.15) is 9.49 Å². The number of nitrogens with two attached hydrogens (primary N) is 1. The van der Waals surface area contributed by atoms with Crippen LogP contribution in [0.2, 0.25) is 0 Å². The van der Waals surface area contributed by atoms with Crippen LogP contribution in [0.1, 0.15) is 0 Å². The summed E-state index contributed by atoms with van der Waals surface area (Å²) in [6.07, 6.45) is 0. The quantitative estimate of drug-likeness (QED) is 0.731. The number of hydrogen-bond acceptors (Lipinski definition) is 2. The maximum absolute atomic E-state index is 12.5. The predicted molar refractivity (Wildman–Crippen MR) is 42.5 cm³/mol. The Morgan fingerprint density at radius 2 is 2.20 bits per heavy atom. The van der Waals surface area contributed by atoms with Gasteiger partial charge in [0.05, 0.1) is 0 Å². The van der Waals surface area contributed by atoms with Crippen molar-refractivity contribution in [3.05, 3.63) is 10.4 Å². The molecule has 0 amide bonds. The monoisotopic (exact) mass is 229 g/mol. The molecule has 1 heterocycles. The molecule has 1 aromatic heterocycles. The highest BCUT2D eigenvalue weighted by Gasteiger charge is 2.08. The molecule has 3 nitrogen and oxygen atoms in total. The van der Waals surface area contributed by atoms with Gasteiger partial charge in [-0.3, -0.25) is 0 Å². The lowest BCUT2D eigenvalue weighted by molar-refractivity contribution is 0.500. The first-order valence-corrected chi connectivity index (χ1v) is 3.05. The summed E-state index contributed by atoms with van der Waals surface area (Å²) in [4.78, 5) is 0. The third kappa shape index (κ3) is 1.41. The first-order valence-electron chi connectivity index (χ1n) is 2.26. The van der Waals surface area contributed by atoms with Crippen molar-refractivity contribution < 1.29 is 4.39 Å². The van der Waals surface area contributed by atoms with Crippen LogP contribution in [0.25, 0.3) is 0 Å². The fourth-order valence-corrected chi connectivity index (χ4v) is 0.833. The van der Waals surface area contributed by atoms with Gasteiger partial charge in [0.25, 0.3) is 0 Å². The van der Waals surface area contributed by atoms with Crippen molar-refractivity contribution in [2.45, 2.75) is 0 Å². The van der Waals surface area contributed by atoms with Crippen molar-refractivity contribution in [2.75, 3.05) is 5.73 Å². The van der Waals surface area contributed by atoms with Crippen LogP contribution < -0.4 is 5.73 Å². The highest BCUT2D eigenvalue weighted by Crippen LogP contribution is 2.20. The van der Waals surface area contributed by atoms with Gasteiger partial charge in [-0.15, -0.1) is 12.4 Å². The van der Waals surface area contributed by atoms with Gasteiger partial charge in [-0.1, -0.05) is 0 Å². The molecule has 1 aromatic rings. The van der Waals surface area contributed by atoms with Crippen molar-refractivity contribution in [2.24, 2.45) is 7.05 Å². The lowest BCUT2D eigenvalue weighted by Gasteiger charge is -1.84. The molecule has 1 rings (SSSR count). The molecule has 0 atom stereocenters. The van der Waals surface area contributed by atoms with Crippen LogP contribution >= 0.6 is 28.3 Å². The zero-order chi connectivity index (χ0) is 7.02. The Kier molecular flexibility index (Phi) is 3.11. The molecule has 0 aliphatic rings. The molecule has 2 N–H and O–H groups in total. The fraction of sp³-hybridized carbons (Fsp3) is 0.250. The number of nitrogen functional groups attached to an aromatic ring is 1. The van der Waals surface area contributed by atoms with Crippen molar-refractivity contribution in [3.63, 3.8) is 0 Å². The van der Waals surface area contributed by atoms with E-state index in [0.29, 0.717) is 0 Å². The summed E-state index contributed by atoms with van der Waals surface area (Å²) in [5.41, 5.74) is 5.22. The summed E-state index contributed by atoms with van der Waals surface area (Å²) in [7, 11) is 1.48. The molecular weight excluding hydrogens is 224 g/mol. The average Bonchev–Trinajstić information content (AvgIpc) is 1.98. The minimum absolute atomic E-state index is 0. The maximum atomic E-state index is 12.5. The van der Waals surface area contributed by atoms with E-state index in [1.165, 1.54) is 7.05 Å². The van der Waals surface area contributed by atoms with Gasteiger partial charge >= 0.3 is 0 Å². The largest absolute Gasteiger partial charge is 0.381 e. The molecule has 0 radical (unpaired) electrons. The van der Waals surface area contributed by atoms with Crippen LogP contribution in [0.3, 0.4) is 0 Å². The minimum atomic E-state index is -0.451. The summed E-state index contributed by atoms with van der Waals surface area (Å²) >= 11 is 2.92. The van der Waals surface area contributed by atoms with E-state index in [4.69, 9.17) is 5.73 Å². The minimum Gasteiger partial charge on any atom is -0.381 e. The van der Waals surface area contributed by atoms with E-state index < -0.39 is 5.95 Å². The molecule has 0 saturated heterocycles. The molecule has 0 aliphatic heterocycles. The van der Waals surface area contributed by atoms with Crippen molar-refractivity contribution in [1.29, 1.82) is 0 Å². The number of aryl methyl sites for hydroxylation is 1. The number of hydrogen-bond donors (Lipinski definition) is 1. The Morgan fingerprint density at radius 1 is 1.70 bits per heavy atom. The van der Waals surface area contributed by atoms with E-state index in [1.54, 1.807) is 0 Å². The Labute approximate surface area is 71.9 Å². The van der Waals surface area contributed by atoms with E-state index in [2.05, 4.69) is 21.0 Å². The van der Waals surface area contributed by atoms with Crippen molar-refractivity contribution in [1.82, 2.24) is 9.78 Å². The number of nitrogens with zero attached hydrogens (tertiary/aromatic N) is 2. The van der Waals surface area contributed by atoms with Crippen molar-refractivity contribution >= 4 is 34.2 Å². The fourth-order valence-electron chi connectivity index (χ4n) is 0.497. The van der Waals surface area contributed by atoms with Gasteiger partial charge in [0.15, 0.2) is 5.82 Å². The smallest absolute Gasteiger partial charge is 0.227 e. The normalized spacial score (nSPS) is 9.10. The second-order valence-corrected chi connectivity index (χ2v) is 2.41. The number of rotatable bonds is 0. The van der Waals surface area contributed by atoms with Crippen LogP contribution in [-0.2, 0) is 7.05 Å². The Hall–Kier alpha value is -0.290. The van der Waals surface area contributed by atoms with Gasteiger partial charge < -0.3 is 5.73 Å². The van der Waals surface area contributed by atoms with E-state index in [0.717, 1.165) is 4.68 Å². The summed E-state index contributed by atoms with van der Waals surface area (Å²) < 4.78 is 13.8. The Morgan fingerprint density at radius 3 is 2.30 bits per heavy atom. The van der Waals surface area contributed by atoms with Crippen LogP contribution in [-0.4, -0.2) is 9.78 Å². The number of aromatic nitrogens is 2. The molecule has 0 fully saturated rings. The van der Waals surface area contributed by atoms with Gasteiger partial charge in [-0.25, -0.2) is 4.68 Å². The average molecular weight is 230 g/mol. The molecule has 0 bridgehead atoms. The van der Waals surface area contributed by atoms with Gasteiger partial charge in [0, 0.05) is 7.05 Å². The first-order chi connectivity index (χ1) is 4.13. The molecular formula is C4H6BrClFN3. The zero-order valence-corrected chi connectivity index (χ0v) is 7.54. The molecule has 0 aromatic carbocycles. The molecule has 0 aliphatic carbocycles. The zero-order valence-electron chi connectivity index (χ0n) is 5.14. The van der Waals surface area contributed by atoms with Gasteiger partial charge in [0.2, 0.25) is 5.95 Å². The topological polar surface area (TPSA) is 43.8 Å². The number of halogens is 3. The molecule has 58 valence electrons. The summed E-state index contributed by atoms with van der Waals surface area (Å²) in [6.45, 7) is 0. The first kappa shape index (κ1) is 9.71. The van der Waals surface area contributed by atoms with Crippen LogP contribution in [0.15, 0.2) is 4.47 Å². The molecule has 6 heteroatoms. The third-order valence-electron chi connectivity index (χ3n) is 0.948. The Balaban J connectivity index is 0.000000810. The molecule has 0 saturated carbocycles.